The van der Waals surface area contributed by atoms with Gasteiger partial charge >= 0.3 is 5.97 Å². The Morgan fingerprint density at radius 2 is 1.91 bits per heavy atom. The predicted octanol–water partition coefficient (Wildman–Crippen LogP) is 3.13. The number of rotatable bonds is 5. The number of hydrogen-bond donors (Lipinski definition) is 0. The first kappa shape index (κ1) is 21.8. The maximum Gasteiger partial charge on any atom is 0.302 e. The molecule has 0 aromatic rings. The van der Waals surface area contributed by atoms with Gasteiger partial charge in [-0.15, -0.1) is 0 Å². The highest BCUT2D eigenvalue weighted by molar-refractivity contribution is 5.66. The van der Waals surface area contributed by atoms with E-state index in [1.54, 1.807) is 6.92 Å². The van der Waals surface area contributed by atoms with Gasteiger partial charge < -0.3 is 18.9 Å². The van der Waals surface area contributed by atoms with Crippen molar-refractivity contribution < 1.29 is 23.7 Å². The fourth-order valence-corrected chi connectivity index (χ4v) is 11.0. The normalized spacial score (nSPS) is 57.5. The van der Waals surface area contributed by atoms with Crippen LogP contribution in [0.3, 0.4) is 0 Å². The van der Waals surface area contributed by atoms with E-state index in [1.807, 2.05) is 21.3 Å². The first-order valence-electron chi connectivity index (χ1n) is 12.8. The molecule has 6 rings (SSSR count). The number of carbonyl (C=O) groups is 1. The Bertz CT molecular complexity index is 805. The summed E-state index contributed by atoms with van der Waals surface area (Å²) in [6, 6.07) is 0.476. The number of methoxy groups -OCH3 is 3. The lowest BCUT2D eigenvalue weighted by Crippen LogP contribution is -2.76. The average Bonchev–Trinajstić information content (AvgIpc) is 3.20. The quantitative estimate of drug-likeness (QED) is 0.604. The van der Waals surface area contributed by atoms with Gasteiger partial charge in [0.25, 0.3) is 0 Å². The first-order valence-corrected chi connectivity index (χ1v) is 12.8. The number of esters is 1. The minimum absolute atomic E-state index is 0.0715. The molecule has 0 N–H and O–H groups in total. The summed E-state index contributed by atoms with van der Waals surface area (Å²) >= 11 is 0. The smallest absolute Gasteiger partial charge is 0.302 e. The Balaban J connectivity index is 1.59. The van der Waals surface area contributed by atoms with Crippen molar-refractivity contribution in [2.45, 2.75) is 82.8 Å². The van der Waals surface area contributed by atoms with Crippen molar-refractivity contribution in [2.75, 3.05) is 34.4 Å². The molecule has 32 heavy (non-hydrogen) atoms. The number of piperidine rings is 1. The van der Waals surface area contributed by atoms with Crippen molar-refractivity contribution in [2.24, 2.45) is 40.4 Å². The third-order valence-corrected chi connectivity index (χ3v) is 11.6. The van der Waals surface area contributed by atoms with Gasteiger partial charge in [0.15, 0.2) is 0 Å². The summed E-state index contributed by atoms with van der Waals surface area (Å²) in [5, 5.41) is 0. The molecule has 5 saturated carbocycles. The molecular weight excluding hydrogens is 406 g/mol. The van der Waals surface area contributed by atoms with Gasteiger partial charge in [0, 0.05) is 70.4 Å². The van der Waals surface area contributed by atoms with E-state index in [9.17, 15) is 4.79 Å². The largest absolute Gasteiger partial charge is 0.462 e. The summed E-state index contributed by atoms with van der Waals surface area (Å²) in [7, 11) is 5.66. The van der Waals surface area contributed by atoms with Crippen molar-refractivity contribution in [3.05, 3.63) is 0 Å². The molecule has 0 aromatic heterocycles. The number of nitrogens with zero attached hydrogens (tertiary/aromatic N) is 1. The molecule has 6 heteroatoms. The zero-order valence-electron chi connectivity index (χ0n) is 20.6. The maximum atomic E-state index is 12.3. The topological polar surface area (TPSA) is 57.2 Å². The van der Waals surface area contributed by atoms with Crippen LogP contribution in [0.1, 0.15) is 52.9 Å². The molecule has 1 aliphatic heterocycles. The predicted molar refractivity (Wildman–Crippen MR) is 119 cm³/mol. The molecule has 0 unspecified atom stereocenters. The molecule has 1 heterocycles. The van der Waals surface area contributed by atoms with Gasteiger partial charge in [-0.25, -0.2) is 0 Å². The monoisotopic (exact) mass is 447 g/mol. The average molecular weight is 448 g/mol. The Kier molecular flexibility index (Phi) is 4.72. The molecule has 7 bridgehead atoms. The zero-order valence-corrected chi connectivity index (χ0v) is 20.6. The Labute approximate surface area is 192 Å². The number of ether oxygens (including phenoxy) is 4. The summed E-state index contributed by atoms with van der Waals surface area (Å²) in [5.41, 5.74) is 0.130. The number of fused-ring (bicyclic) bond motifs is 2. The molecule has 0 radical (unpaired) electrons. The lowest BCUT2D eigenvalue weighted by atomic mass is 9.43. The van der Waals surface area contributed by atoms with Gasteiger partial charge in [-0.05, 0) is 49.5 Å². The van der Waals surface area contributed by atoms with Crippen LogP contribution in [-0.2, 0) is 23.7 Å². The zero-order chi connectivity index (χ0) is 22.6. The van der Waals surface area contributed by atoms with E-state index < -0.39 is 0 Å². The number of hydrogen-bond acceptors (Lipinski definition) is 6. The van der Waals surface area contributed by atoms with Crippen LogP contribution in [0.15, 0.2) is 0 Å². The van der Waals surface area contributed by atoms with Gasteiger partial charge in [0.1, 0.15) is 6.10 Å². The van der Waals surface area contributed by atoms with E-state index in [4.69, 9.17) is 18.9 Å². The van der Waals surface area contributed by atoms with Gasteiger partial charge in [0.05, 0.1) is 17.8 Å². The van der Waals surface area contributed by atoms with E-state index in [2.05, 4.69) is 18.7 Å². The Morgan fingerprint density at radius 1 is 1.12 bits per heavy atom. The second-order valence-corrected chi connectivity index (χ2v) is 12.1. The van der Waals surface area contributed by atoms with Crippen LogP contribution >= 0.6 is 0 Å². The standard InChI is InChI=1S/C26H41NO5/c1-7-27-13-24(3)9-8-20(30-5)26-16-10-15-18(29-4)12-25(31-6,17(23(26)27)11-19(24)26)21(16)22(15)32-14(2)28/h15-23H,7-13H2,1-6H3/t15-,16-,17+,18+,19-,20+,21-,22+,23-,24+,25+,26-/m0/s1. The number of likely N-dealkylation sites (tertiary alicyclic amines) is 1. The van der Waals surface area contributed by atoms with Gasteiger partial charge in [0.2, 0.25) is 0 Å². The Hall–Kier alpha value is -0.690. The SMILES string of the molecule is CCN1C[C@@]2(C)CC[C@@H](OC)[C@@]34[C@@H]1[C@@H](C[C@@H]23)[C@]1(OC)C[C@@H](OC)[C@@H]2C[C@H]4[C@H]1[C@@H]2OC(C)=O. The molecule has 6 fully saturated rings. The first-order chi connectivity index (χ1) is 15.3. The molecule has 0 aromatic carbocycles. The van der Waals surface area contributed by atoms with Crippen molar-refractivity contribution in [1.82, 2.24) is 4.90 Å². The van der Waals surface area contributed by atoms with Gasteiger partial charge in [-0.3, -0.25) is 9.69 Å². The fraction of sp³-hybridized carbons (Fsp3) is 0.962. The molecule has 1 saturated heterocycles. The third-order valence-electron chi connectivity index (χ3n) is 11.6. The maximum absolute atomic E-state index is 12.3. The fourth-order valence-electron chi connectivity index (χ4n) is 11.0. The molecule has 5 aliphatic carbocycles. The minimum atomic E-state index is -0.303. The van der Waals surface area contributed by atoms with Crippen molar-refractivity contribution in [3.8, 4) is 0 Å². The molecule has 12 atom stereocenters. The summed E-state index contributed by atoms with van der Waals surface area (Å²) in [6.07, 6.45) is 5.78. The highest BCUT2D eigenvalue weighted by atomic mass is 16.6. The van der Waals surface area contributed by atoms with Crippen molar-refractivity contribution in [1.29, 1.82) is 0 Å². The minimum Gasteiger partial charge on any atom is -0.462 e. The number of carbonyl (C=O) groups excluding carboxylic acids is 1. The summed E-state index contributed by atoms with van der Waals surface area (Å²) in [4.78, 5) is 15.1. The highest BCUT2D eigenvalue weighted by Crippen LogP contribution is 2.79. The van der Waals surface area contributed by atoms with Crippen LogP contribution in [0.4, 0.5) is 0 Å². The molecular formula is C26H41NO5. The van der Waals surface area contributed by atoms with E-state index in [0.29, 0.717) is 29.2 Å². The van der Waals surface area contributed by atoms with Crippen molar-refractivity contribution in [3.63, 3.8) is 0 Å². The van der Waals surface area contributed by atoms with E-state index in [-0.39, 0.29) is 47.1 Å². The molecule has 1 spiro atoms. The van der Waals surface area contributed by atoms with E-state index >= 15 is 0 Å². The van der Waals surface area contributed by atoms with Crippen LogP contribution in [0.5, 0.6) is 0 Å². The molecule has 6 aliphatic rings. The molecule has 0 amide bonds. The Morgan fingerprint density at radius 3 is 2.53 bits per heavy atom. The van der Waals surface area contributed by atoms with Crippen molar-refractivity contribution >= 4 is 5.97 Å². The van der Waals surface area contributed by atoms with Gasteiger partial charge in [-0.2, -0.15) is 0 Å². The third kappa shape index (κ3) is 2.24. The van der Waals surface area contributed by atoms with Gasteiger partial charge in [-0.1, -0.05) is 13.8 Å². The summed E-state index contributed by atoms with van der Waals surface area (Å²) in [6.45, 7) is 8.70. The lowest BCUT2D eigenvalue weighted by Gasteiger charge is -2.69. The summed E-state index contributed by atoms with van der Waals surface area (Å²) in [5.74, 6) is 1.81. The second kappa shape index (κ2) is 6.93. The van der Waals surface area contributed by atoms with Crippen LogP contribution in [0.2, 0.25) is 0 Å². The molecule has 6 nitrogen and oxygen atoms in total. The van der Waals surface area contributed by atoms with E-state index in [0.717, 1.165) is 25.8 Å². The summed E-state index contributed by atoms with van der Waals surface area (Å²) < 4.78 is 25.3. The second-order valence-electron chi connectivity index (χ2n) is 12.1. The molecule has 180 valence electrons. The highest BCUT2D eigenvalue weighted by Gasteiger charge is 2.84. The van der Waals surface area contributed by atoms with E-state index in [1.165, 1.54) is 19.4 Å². The van der Waals surface area contributed by atoms with Crippen LogP contribution in [0.25, 0.3) is 0 Å². The lowest BCUT2D eigenvalue weighted by molar-refractivity contribution is -0.277. The van der Waals surface area contributed by atoms with Crippen LogP contribution < -0.4 is 0 Å². The van der Waals surface area contributed by atoms with Crippen LogP contribution in [-0.4, -0.2) is 75.2 Å². The van der Waals surface area contributed by atoms with Crippen LogP contribution in [0, 0.1) is 40.4 Å².